The number of hydrogen-bond acceptors (Lipinski definition) is 8. The Hall–Kier alpha value is -4.22. The Morgan fingerprint density at radius 1 is 1.08 bits per heavy atom. The van der Waals surface area contributed by atoms with Gasteiger partial charge in [-0.3, -0.25) is 0 Å². The van der Waals surface area contributed by atoms with Crippen molar-refractivity contribution in [2.75, 3.05) is 29.0 Å². The molecule has 1 atom stereocenters. The Bertz CT molecular complexity index is 1450. The lowest BCUT2D eigenvalue weighted by Crippen LogP contribution is -2.23. The number of pyridine rings is 1. The molecule has 9 nitrogen and oxygen atoms in total. The molecule has 1 saturated heterocycles. The minimum absolute atomic E-state index is 0.0376. The van der Waals surface area contributed by atoms with E-state index in [9.17, 15) is 13.2 Å². The molecule has 1 aromatic carbocycles. The van der Waals surface area contributed by atoms with Gasteiger partial charge in [0.15, 0.2) is 5.82 Å². The highest BCUT2D eigenvalue weighted by atomic mass is 19.3. The topological polar surface area (TPSA) is 111 Å². The minimum Gasteiger partial charge on any atom is -0.368 e. The molecule has 0 radical (unpaired) electrons. The van der Waals surface area contributed by atoms with Gasteiger partial charge >= 0.3 is 0 Å². The lowest BCUT2D eigenvalue weighted by atomic mass is 10.1. The fourth-order valence-electron chi connectivity index (χ4n) is 4.67. The van der Waals surface area contributed by atoms with E-state index in [0.29, 0.717) is 59.6 Å². The number of halogens is 3. The van der Waals surface area contributed by atoms with E-state index in [1.807, 2.05) is 11.0 Å². The molecule has 4 heterocycles. The number of alkyl halides is 2. The van der Waals surface area contributed by atoms with Crippen molar-refractivity contribution in [3.05, 3.63) is 54.6 Å². The Morgan fingerprint density at radius 2 is 1.92 bits per heavy atom. The fraction of sp³-hybridized carbons (Fsp3) is 0.292. The normalized spacial score (nSPS) is 20.2. The van der Waals surface area contributed by atoms with Crippen molar-refractivity contribution in [1.82, 2.24) is 29.7 Å². The maximum absolute atomic E-state index is 14.8. The third-order valence-electron chi connectivity index (χ3n) is 6.83. The summed E-state index contributed by atoms with van der Waals surface area (Å²) in [6.45, 7) is 0.889. The van der Waals surface area contributed by atoms with Gasteiger partial charge < -0.3 is 16.0 Å². The molecular weight excluding hydrogens is 471 g/mol. The van der Waals surface area contributed by atoms with Crippen LogP contribution in [0.15, 0.2) is 48.8 Å². The van der Waals surface area contributed by atoms with Crippen LogP contribution in [0.4, 0.5) is 36.6 Å². The van der Waals surface area contributed by atoms with Crippen molar-refractivity contribution in [1.29, 1.82) is 0 Å². The number of nitrogens with two attached hydrogens (primary N) is 1. The van der Waals surface area contributed by atoms with E-state index >= 15 is 0 Å². The molecule has 12 heteroatoms. The molecule has 4 aromatic rings. The molecule has 0 bridgehead atoms. The maximum atomic E-state index is 14.8. The largest absolute Gasteiger partial charge is 0.368 e. The molecule has 2 aliphatic rings. The van der Waals surface area contributed by atoms with E-state index in [4.69, 9.17) is 5.73 Å². The van der Waals surface area contributed by atoms with Crippen molar-refractivity contribution >= 4 is 23.4 Å². The van der Waals surface area contributed by atoms with E-state index in [1.54, 1.807) is 42.2 Å². The Morgan fingerprint density at radius 3 is 2.58 bits per heavy atom. The summed E-state index contributed by atoms with van der Waals surface area (Å²) in [5.74, 6) is -1.47. The molecule has 1 aliphatic carbocycles. The SMILES string of the molecule is Cn1nc(-c2ccc(N3CC[C@@]4(C3)CC4(F)F)nc2)nc1Nc1ccc(-c2ccnc(N)n2)c(F)c1. The van der Waals surface area contributed by atoms with E-state index in [0.717, 1.165) is 0 Å². The number of nitrogens with one attached hydrogen (secondary N) is 1. The molecular formula is C24H22F3N9. The fourth-order valence-corrected chi connectivity index (χ4v) is 4.67. The quantitative estimate of drug-likeness (QED) is 0.429. The third kappa shape index (κ3) is 3.78. The molecule has 2 fully saturated rings. The van der Waals surface area contributed by atoms with Gasteiger partial charge in [0, 0.05) is 55.8 Å². The van der Waals surface area contributed by atoms with Gasteiger partial charge in [0.25, 0.3) is 5.92 Å². The van der Waals surface area contributed by atoms with Gasteiger partial charge in [-0.15, -0.1) is 5.10 Å². The zero-order chi connectivity index (χ0) is 25.1. The van der Waals surface area contributed by atoms with Gasteiger partial charge in [0.05, 0.1) is 11.1 Å². The van der Waals surface area contributed by atoms with Crippen LogP contribution in [0.1, 0.15) is 12.8 Å². The Balaban J connectivity index is 1.17. The van der Waals surface area contributed by atoms with Crippen LogP contribution in [0.3, 0.4) is 0 Å². The lowest BCUT2D eigenvalue weighted by Gasteiger charge is -2.17. The van der Waals surface area contributed by atoms with Crippen LogP contribution in [-0.2, 0) is 7.05 Å². The highest BCUT2D eigenvalue weighted by molar-refractivity contribution is 5.66. The van der Waals surface area contributed by atoms with Gasteiger partial charge in [0.2, 0.25) is 11.9 Å². The molecule has 3 aromatic heterocycles. The predicted octanol–water partition coefficient (Wildman–Crippen LogP) is 4.03. The van der Waals surface area contributed by atoms with Gasteiger partial charge in [-0.1, -0.05) is 0 Å². The molecule has 0 amide bonds. The van der Waals surface area contributed by atoms with Crippen LogP contribution in [0.2, 0.25) is 0 Å². The summed E-state index contributed by atoms with van der Waals surface area (Å²) in [4.78, 5) is 18.7. The summed E-state index contributed by atoms with van der Waals surface area (Å²) in [6, 6.07) is 9.84. The van der Waals surface area contributed by atoms with Gasteiger partial charge in [0.1, 0.15) is 11.6 Å². The first-order valence-corrected chi connectivity index (χ1v) is 11.4. The van der Waals surface area contributed by atoms with E-state index in [2.05, 4.69) is 30.4 Å². The smallest absolute Gasteiger partial charge is 0.256 e. The van der Waals surface area contributed by atoms with E-state index in [-0.39, 0.29) is 12.4 Å². The van der Waals surface area contributed by atoms with Crippen molar-refractivity contribution < 1.29 is 13.2 Å². The van der Waals surface area contributed by atoms with Crippen molar-refractivity contribution in [2.45, 2.75) is 18.8 Å². The Kier molecular flexibility index (Phi) is 4.88. The number of hydrogen-bond donors (Lipinski definition) is 2. The first-order chi connectivity index (χ1) is 17.2. The van der Waals surface area contributed by atoms with Crippen LogP contribution in [0, 0.1) is 11.2 Å². The summed E-state index contributed by atoms with van der Waals surface area (Å²) in [7, 11) is 1.72. The van der Waals surface area contributed by atoms with E-state index < -0.39 is 17.2 Å². The second kappa shape index (κ2) is 7.90. The Labute approximate surface area is 204 Å². The molecule has 6 rings (SSSR count). The first kappa shape index (κ1) is 22.3. The average molecular weight is 493 g/mol. The lowest BCUT2D eigenvalue weighted by molar-refractivity contribution is 0.0711. The second-order valence-corrected chi connectivity index (χ2v) is 9.24. The van der Waals surface area contributed by atoms with Crippen LogP contribution in [0.25, 0.3) is 22.6 Å². The number of aromatic nitrogens is 6. The zero-order valence-electron chi connectivity index (χ0n) is 19.3. The number of aryl methyl sites for hydroxylation is 1. The van der Waals surface area contributed by atoms with Crippen LogP contribution >= 0.6 is 0 Å². The zero-order valence-corrected chi connectivity index (χ0v) is 19.3. The number of nitrogen functional groups attached to an aromatic ring is 1. The van der Waals surface area contributed by atoms with Crippen LogP contribution in [-0.4, -0.2) is 48.7 Å². The van der Waals surface area contributed by atoms with Gasteiger partial charge in [-0.25, -0.2) is 32.8 Å². The average Bonchev–Trinajstić information content (AvgIpc) is 3.14. The molecule has 0 unspecified atom stereocenters. The third-order valence-corrected chi connectivity index (χ3v) is 6.83. The molecule has 1 saturated carbocycles. The first-order valence-electron chi connectivity index (χ1n) is 11.4. The second-order valence-electron chi connectivity index (χ2n) is 9.24. The standard InChI is InChI=1S/C24H22F3N9/c1-35-22(31-15-3-4-16(17(25)10-15)18-6-8-29-21(28)32-18)33-20(34-35)14-2-5-19(30-11-14)36-9-7-23(13-36)12-24(23,26)27/h2-6,8,10-11H,7,9,12-13H2,1H3,(H2,28,29,32)(H,31,33,34)/t23-/m0/s1. The minimum atomic E-state index is -2.56. The molecule has 1 aliphatic heterocycles. The summed E-state index contributed by atoms with van der Waals surface area (Å²) in [5.41, 5.74) is 6.56. The molecule has 3 N–H and O–H groups in total. The van der Waals surface area contributed by atoms with Crippen LogP contribution < -0.4 is 16.0 Å². The summed E-state index contributed by atoms with van der Waals surface area (Å²) in [6.07, 6.45) is 3.55. The monoisotopic (exact) mass is 493 g/mol. The predicted molar refractivity (Wildman–Crippen MR) is 128 cm³/mol. The summed E-state index contributed by atoms with van der Waals surface area (Å²) < 4.78 is 43.7. The highest BCUT2D eigenvalue weighted by Gasteiger charge is 2.72. The number of benzene rings is 1. The van der Waals surface area contributed by atoms with E-state index in [1.165, 1.54) is 12.3 Å². The molecule has 36 heavy (non-hydrogen) atoms. The number of rotatable bonds is 5. The van der Waals surface area contributed by atoms with Crippen molar-refractivity contribution in [2.24, 2.45) is 12.5 Å². The number of nitrogens with zero attached hydrogens (tertiary/aromatic N) is 7. The summed E-state index contributed by atoms with van der Waals surface area (Å²) in [5, 5.41) is 7.48. The summed E-state index contributed by atoms with van der Waals surface area (Å²) >= 11 is 0. The van der Waals surface area contributed by atoms with Crippen molar-refractivity contribution in [3.63, 3.8) is 0 Å². The number of anilines is 4. The highest BCUT2D eigenvalue weighted by Crippen LogP contribution is 2.65. The maximum Gasteiger partial charge on any atom is 0.256 e. The van der Waals surface area contributed by atoms with Crippen LogP contribution in [0.5, 0.6) is 0 Å². The molecule has 184 valence electrons. The van der Waals surface area contributed by atoms with Crippen molar-refractivity contribution in [3.8, 4) is 22.6 Å². The molecule has 1 spiro atoms. The van der Waals surface area contributed by atoms with Gasteiger partial charge in [-0.05, 0) is 42.8 Å². The van der Waals surface area contributed by atoms with Gasteiger partial charge in [-0.2, -0.15) is 4.98 Å².